The molecule has 18 heavy (non-hydrogen) atoms. The lowest BCUT2D eigenvalue weighted by Crippen LogP contribution is -2.20. The van der Waals surface area contributed by atoms with Crippen LogP contribution in [0.2, 0.25) is 0 Å². The van der Waals surface area contributed by atoms with Crippen LogP contribution in [0.3, 0.4) is 0 Å². The zero-order valence-electron chi connectivity index (χ0n) is 11.4. The SMILES string of the molecule is CC(C)(C)OC=O.COc1ccc(CNN)cc1. The topological polar surface area (TPSA) is 73.6 Å². The quantitative estimate of drug-likeness (QED) is 0.485. The first-order chi connectivity index (χ1) is 8.42. The van der Waals surface area contributed by atoms with Crippen molar-refractivity contribution in [3.63, 3.8) is 0 Å². The van der Waals surface area contributed by atoms with E-state index in [4.69, 9.17) is 10.6 Å². The fourth-order valence-electron chi connectivity index (χ4n) is 1.01. The highest BCUT2D eigenvalue weighted by atomic mass is 16.5. The average molecular weight is 254 g/mol. The first kappa shape index (κ1) is 16.4. The third-order valence-electron chi connectivity index (χ3n) is 1.87. The molecule has 0 heterocycles. The third kappa shape index (κ3) is 8.55. The second-order valence-electron chi connectivity index (χ2n) is 4.56. The van der Waals surface area contributed by atoms with Crippen LogP contribution in [0.15, 0.2) is 24.3 Å². The summed E-state index contributed by atoms with van der Waals surface area (Å²) in [6.07, 6.45) is 0. The predicted octanol–water partition coefficient (Wildman–Crippen LogP) is 1.62. The van der Waals surface area contributed by atoms with Gasteiger partial charge in [-0.25, -0.2) is 0 Å². The van der Waals surface area contributed by atoms with Gasteiger partial charge in [0.05, 0.1) is 7.11 Å². The fourth-order valence-corrected chi connectivity index (χ4v) is 1.01. The minimum Gasteiger partial charge on any atom is -0.497 e. The molecule has 0 spiro atoms. The maximum absolute atomic E-state index is 9.60. The van der Waals surface area contributed by atoms with Crippen LogP contribution in [0.4, 0.5) is 0 Å². The van der Waals surface area contributed by atoms with E-state index in [0.29, 0.717) is 13.0 Å². The number of nitrogens with one attached hydrogen (secondary N) is 1. The van der Waals surface area contributed by atoms with Crippen LogP contribution in [0.5, 0.6) is 5.75 Å². The van der Waals surface area contributed by atoms with Gasteiger partial charge in [0.15, 0.2) is 0 Å². The van der Waals surface area contributed by atoms with Gasteiger partial charge in [0, 0.05) is 6.54 Å². The molecule has 0 saturated heterocycles. The lowest BCUT2D eigenvalue weighted by molar-refractivity contribution is -0.138. The van der Waals surface area contributed by atoms with Crippen molar-refractivity contribution >= 4 is 6.47 Å². The van der Waals surface area contributed by atoms with Crippen LogP contribution >= 0.6 is 0 Å². The van der Waals surface area contributed by atoms with E-state index in [0.717, 1.165) is 11.3 Å². The molecule has 0 bridgehead atoms. The van der Waals surface area contributed by atoms with Crippen molar-refractivity contribution in [1.29, 1.82) is 0 Å². The zero-order chi connectivity index (χ0) is 14.0. The summed E-state index contributed by atoms with van der Waals surface area (Å²) in [5, 5.41) is 0. The van der Waals surface area contributed by atoms with Gasteiger partial charge in [-0.1, -0.05) is 12.1 Å². The van der Waals surface area contributed by atoms with Gasteiger partial charge >= 0.3 is 0 Å². The van der Waals surface area contributed by atoms with Crippen molar-refractivity contribution < 1.29 is 14.3 Å². The highest BCUT2D eigenvalue weighted by molar-refractivity contribution is 5.37. The molecule has 0 atom stereocenters. The molecule has 0 fully saturated rings. The Bertz CT molecular complexity index is 331. The first-order valence-electron chi connectivity index (χ1n) is 5.61. The molecule has 0 aliphatic rings. The zero-order valence-corrected chi connectivity index (χ0v) is 11.4. The Kier molecular flexibility index (Phi) is 7.74. The van der Waals surface area contributed by atoms with E-state index < -0.39 is 0 Å². The molecule has 0 aromatic heterocycles. The molecule has 5 nitrogen and oxygen atoms in total. The van der Waals surface area contributed by atoms with Crippen LogP contribution < -0.4 is 16.0 Å². The molecule has 1 aromatic rings. The summed E-state index contributed by atoms with van der Waals surface area (Å²) in [7, 11) is 1.65. The lowest BCUT2D eigenvalue weighted by atomic mass is 10.2. The smallest absolute Gasteiger partial charge is 0.293 e. The molecule has 0 amide bonds. The van der Waals surface area contributed by atoms with Gasteiger partial charge in [0.25, 0.3) is 6.47 Å². The Labute approximate surface area is 108 Å². The van der Waals surface area contributed by atoms with E-state index in [1.165, 1.54) is 0 Å². The van der Waals surface area contributed by atoms with Crippen molar-refractivity contribution in [3.8, 4) is 5.75 Å². The fraction of sp³-hybridized carbons (Fsp3) is 0.462. The van der Waals surface area contributed by atoms with Crippen LogP contribution in [0, 0.1) is 0 Å². The van der Waals surface area contributed by atoms with E-state index in [-0.39, 0.29) is 5.60 Å². The van der Waals surface area contributed by atoms with Gasteiger partial charge < -0.3 is 9.47 Å². The van der Waals surface area contributed by atoms with Gasteiger partial charge in [0.2, 0.25) is 0 Å². The number of nitrogens with two attached hydrogens (primary N) is 1. The summed E-state index contributed by atoms with van der Waals surface area (Å²) in [6, 6.07) is 7.76. The van der Waals surface area contributed by atoms with E-state index >= 15 is 0 Å². The second-order valence-corrected chi connectivity index (χ2v) is 4.56. The summed E-state index contributed by atoms with van der Waals surface area (Å²) >= 11 is 0. The number of carbonyl (C=O) groups is 1. The highest BCUT2D eigenvalue weighted by Gasteiger charge is 2.07. The van der Waals surface area contributed by atoms with E-state index in [1.54, 1.807) is 7.11 Å². The summed E-state index contributed by atoms with van der Waals surface area (Å²) in [5.74, 6) is 6.02. The number of benzene rings is 1. The Morgan fingerprint density at radius 3 is 2.11 bits per heavy atom. The van der Waals surface area contributed by atoms with E-state index in [2.05, 4.69) is 10.2 Å². The van der Waals surface area contributed by atoms with Crippen LogP contribution in [0.1, 0.15) is 26.3 Å². The van der Waals surface area contributed by atoms with Gasteiger partial charge in [-0.15, -0.1) is 0 Å². The molecule has 5 heteroatoms. The Balaban J connectivity index is 0.000000360. The number of rotatable bonds is 4. The number of carbonyl (C=O) groups excluding carboxylic acids is 1. The van der Waals surface area contributed by atoms with Gasteiger partial charge in [0.1, 0.15) is 11.4 Å². The normalized spacial score (nSPS) is 10.1. The summed E-state index contributed by atoms with van der Waals surface area (Å²) < 4.78 is 9.54. The standard InChI is InChI=1S/C8H12N2O.C5H10O2/c1-11-8-4-2-7(3-5-8)6-10-9;1-5(2,3)7-4-6/h2-5,10H,6,9H2,1H3;4H,1-3H3. The number of hydrogen-bond acceptors (Lipinski definition) is 5. The number of methoxy groups -OCH3 is 1. The van der Waals surface area contributed by atoms with Gasteiger partial charge in [-0.05, 0) is 38.5 Å². The molecule has 0 radical (unpaired) electrons. The number of hydrazine groups is 1. The lowest BCUT2D eigenvalue weighted by Gasteiger charge is -2.14. The van der Waals surface area contributed by atoms with Gasteiger partial charge in [-0.3, -0.25) is 16.1 Å². The largest absolute Gasteiger partial charge is 0.497 e. The van der Waals surface area contributed by atoms with Crippen LogP contribution in [0.25, 0.3) is 0 Å². The molecule has 1 rings (SSSR count). The molecule has 0 saturated carbocycles. The first-order valence-corrected chi connectivity index (χ1v) is 5.61. The Hall–Kier alpha value is -1.59. The predicted molar refractivity (Wildman–Crippen MR) is 70.9 cm³/mol. The Morgan fingerprint density at radius 2 is 1.83 bits per heavy atom. The Morgan fingerprint density at radius 1 is 1.28 bits per heavy atom. The van der Waals surface area contributed by atoms with Gasteiger partial charge in [-0.2, -0.15) is 0 Å². The van der Waals surface area contributed by atoms with Crippen molar-refractivity contribution in [2.24, 2.45) is 5.84 Å². The molecule has 0 unspecified atom stereocenters. The molecule has 0 aliphatic heterocycles. The molecule has 0 aliphatic carbocycles. The molecule has 3 N–H and O–H groups in total. The van der Waals surface area contributed by atoms with Crippen molar-refractivity contribution in [1.82, 2.24) is 5.43 Å². The average Bonchev–Trinajstić information content (AvgIpc) is 2.30. The number of hydrogen-bond donors (Lipinski definition) is 2. The molecule has 1 aromatic carbocycles. The molecular weight excluding hydrogens is 232 g/mol. The van der Waals surface area contributed by atoms with Crippen molar-refractivity contribution in [3.05, 3.63) is 29.8 Å². The van der Waals surface area contributed by atoms with Crippen LogP contribution in [-0.4, -0.2) is 19.2 Å². The summed E-state index contributed by atoms with van der Waals surface area (Å²) in [4.78, 5) is 9.60. The third-order valence-corrected chi connectivity index (χ3v) is 1.87. The van der Waals surface area contributed by atoms with E-state index in [1.807, 2.05) is 45.0 Å². The minimum atomic E-state index is -0.318. The maximum Gasteiger partial charge on any atom is 0.293 e. The summed E-state index contributed by atoms with van der Waals surface area (Å²) in [5.41, 5.74) is 3.41. The highest BCUT2D eigenvalue weighted by Crippen LogP contribution is 2.10. The van der Waals surface area contributed by atoms with E-state index in [9.17, 15) is 4.79 Å². The molecule has 102 valence electrons. The second kappa shape index (κ2) is 8.49. The maximum atomic E-state index is 9.60. The summed E-state index contributed by atoms with van der Waals surface area (Å²) in [6.45, 7) is 6.61. The van der Waals surface area contributed by atoms with Crippen LogP contribution in [-0.2, 0) is 16.1 Å². The van der Waals surface area contributed by atoms with Crippen molar-refractivity contribution in [2.45, 2.75) is 32.9 Å². The van der Waals surface area contributed by atoms with Crippen molar-refractivity contribution in [2.75, 3.05) is 7.11 Å². The molecular formula is C13H22N2O3. The minimum absolute atomic E-state index is 0.318. The number of ether oxygens (including phenoxy) is 2. The monoisotopic (exact) mass is 254 g/mol.